The van der Waals surface area contributed by atoms with Gasteiger partial charge in [-0.15, -0.1) is 0 Å². The van der Waals surface area contributed by atoms with Crippen molar-refractivity contribution >= 4 is 22.7 Å². The first kappa shape index (κ1) is 21.0. The van der Waals surface area contributed by atoms with Gasteiger partial charge in [0.25, 0.3) is 0 Å². The van der Waals surface area contributed by atoms with Crippen molar-refractivity contribution in [1.29, 1.82) is 0 Å². The second-order valence-electron chi connectivity index (χ2n) is 8.60. The average Bonchev–Trinajstić information content (AvgIpc) is 3.35. The lowest BCUT2D eigenvalue weighted by Gasteiger charge is -2.24. The minimum absolute atomic E-state index is 0.188. The Balaban J connectivity index is 1.42. The minimum atomic E-state index is -0.324. The fourth-order valence-electron chi connectivity index (χ4n) is 4.54. The van der Waals surface area contributed by atoms with Gasteiger partial charge in [-0.2, -0.15) is 4.98 Å². The van der Waals surface area contributed by atoms with Crippen LogP contribution in [0.15, 0.2) is 42.5 Å². The molecule has 2 aromatic carbocycles. The summed E-state index contributed by atoms with van der Waals surface area (Å²) in [5.41, 5.74) is 8.97. The van der Waals surface area contributed by atoms with E-state index in [2.05, 4.69) is 33.5 Å². The number of hydrogen-bond acceptors (Lipinski definition) is 7. The van der Waals surface area contributed by atoms with Crippen LogP contribution in [-0.2, 0) is 9.47 Å². The summed E-state index contributed by atoms with van der Waals surface area (Å²) < 4.78 is 17.2. The third-order valence-corrected chi connectivity index (χ3v) is 6.18. The summed E-state index contributed by atoms with van der Waals surface area (Å²) in [7, 11) is 0. The molecule has 1 aliphatic heterocycles. The second kappa shape index (κ2) is 9.30. The average molecular weight is 435 g/mol. The lowest BCUT2D eigenvalue weighted by molar-refractivity contribution is -0.104. The summed E-state index contributed by atoms with van der Waals surface area (Å²) in [5.74, 6) is 1.89. The second-order valence-corrected chi connectivity index (χ2v) is 8.60. The van der Waals surface area contributed by atoms with Crippen molar-refractivity contribution in [3.8, 4) is 16.9 Å². The van der Waals surface area contributed by atoms with Gasteiger partial charge in [-0.25, -0.2) is 4.98 Å². The number of nitrogen functional groups attached to an aromatic ring is 1. The Morgan fingerprint density at radius 1 is 1.00 bits per heavy atom. The van der Waals surface area contributed by atoms with Crippen LogP contribution >= 0.6 is 0 Å². The van der Waals surface area contributed by atoms with Gasteiger partial charge in [0.05, 0.1) is 18.7 Å². The quantitative estimate of drug-likeness (QED) is 0.578. The van der Waals surface area contributed by atoms with E-state index in [0.29, 0.717) is 25.2 Å². The van der Waals surface area contributed by atoms with Crippen LogP contribution < -0.4 is 15.8 Å². The monoisotopic (exact) mass is 434 g/mol. The Hall–Kier alpha value is -2.90. The van der Waals surface area contributed by atoms with Crippen molar-refractivity contribution in [3.05, 3.63) is 42.5 Å². The van der Waals surface area contributed by atoms with E-state index in [1.165, 1.54) is 19.3 Å². The Labute approximate surface area is 188 Å². The first-order valence-electron chi connectivity index (χ1n) is 11.5. The van der Waals surface area contributed by atoms with Crippen LogP contribution in [0.5, 0.6) is 5.75 Å². The van der Waals surface area contributed by atoms with Crippen LogP contribution in [0, 0.1) is 0 Å². The number of ether oxygens (including phenoxy) is 3. The van der Waals surface area contributed by atoms with Crippen molar-refractivity contribution in [2.24, 2.45) is 0 Å². The predicted molar refractivity (Wildman–Crippen MR) is 126 cm³/mol. The fourth-order valence-corrected chi connectivity index (χ4v) is 4.54. The largest absolute Gasteiger partial charge is 0.485 e. The number of aromatic nitrogens is 2. The zero-order valence-corrected chi connectivity index (χ0v) is 18.4. The summed E-state index contributed by atoms with van der Waals surface area (Å²) in [6.45, 7) is 3.18. The molecule has 2 aliphatic rings. The van der Waals surface area contributed by atoms with E-state index in [0.717, 1.165) is 46.4 Å². The van der Waals surface area contributed by atoms with E-state index >= 15 is 0 Å². The van der Waals surface area contributed by atoms with E-state index in [1.807, 2.05) is 31.2 Å². The molecule has 7 nitrogen and oxygen atoms in total. The van der Waals surface area contributed by atoms with Gasteiger partial charge in [0.2, 0.25) is 5.95 Å². The van der Waals surface area contributed by atoms with Crippen molar-refractivity contribution in [2.75, 3.05) is 24.3 Å². The molecule has 32 heavy (non-hydrogen) atoms. The first-order chi connectivity index (χ1) is 15.7. The zero-order valence-electron chi connectivity index (χ0n) is 18.4. The molecule has 2 heterocycles. The maximum Gasteiger partial charge on any atom is 0.222 e. The SMILES string of the molecule is CC(Oc1cccc(-c2ccc3nc(N)nc(NC4CCCCC4)c3c2)c1)C1OCCO1. The minimum Gasteiger partial charge on any atom is -0.485 e. The van der Waals surface area contributed by atoms with Crippen molar-refractivity contribution < 1.29 is 14.2 Å². The number of benzene rings is 2. The number of rotatable bonds is 6. The number of nitrogens with two attached hydrogens (primary N) is 1. The van der Waals surface area contributed by atoms with Crippen LogP contribution in [0.4, 0.5) is 11.8 Å². The Bertz CT molecular complexity index is 1080. The van der Waals surface area contributed by atoms with Gasteiger partial charge in [-0.1, -0.05) is 37.5 Å². The molecule has 3 aromatic rings. The van der Waals surface area contributed by atoms with Gasteiger partial charge < -0.3 is 25.3 Å². The number of nitrogens with zero attached hydrogens (tertiary/aromatic N) is 2. The maximum absolute atomic E-state index is 6.08. The van der Waals surface area contributed by atoms with Gasteiger partial charge in [0, 0.05) is 11.4 Å². The van der Waals surface area contributed by atoms with E-state index < -0.39 is 0 Å². The van der Waals surface area contributed by atoms with Crippen LogP contribution in [0.3, 0.4) is 0 Å². The maximum atomic E-state index is 6.08. The molecule has 1 aromatic heterocycles. The van der Waals surface area contributed by atoms with E-state index in [9.17, 15) is 0 Å². The summed E-state index contributed by atoms with van der Waals surface area (Å²) in [5, 5.41) is 4.61. The number of anilines is 2. The van der Waals surface area contributed by atoms with E-state index in [4.69, 9.17) is 19.9 Å². The summed E-state index contributed by atoms with van der Waals surface area (Å²) in [6, 6.07) is 14.7. The molecule has 1 saturated carbocycles. The summed E-state index contributed by atoms with van der Waals surface area (Å²) in [4.78, 5) is 8.97. The number of hydrogen-bond donors (Lipinski definition) is 2. The highest BCUT2D eigenvalue weighted by molar-refractivity contribution is 5.93. The lowest BCUT2D eigenvalue weighted by atomic mass is 9.95. The molecule has 0 spiro atoms. The van der Waals surface area contributed by atoms with Gasteiger partial charge in [0.15, 0.2) is 6.29 Å². The predicted octanol–water partition coefficient (Wildman–Crippen LogP) is 4.76. The summed E-state index contributed by atoms with van der Waals surface area (Å²) in [6.07, 6.45) is 5.63. The molecule has 5 rings (SSSR count). The van der Waals surface area contributed by atoms with Crippen LogP contribution in [0.2, 0.25) is 0 Å². The molecule has 1 aliphatic carbocycles. The molecular formula is C25H30N4O3. The van der Waals surface area contributed by atoms with Gasteiger partial charge in [0.1, 0.15) is 17.7 Å². The topological polar surface area (TPSA) is 91.5 Å². The third kappa shape index (κ3) is 4.64. The molecule has 0 amide bonds. The smallest absolute Gasteiger partial charge is 0.222 e. The van der Waals surface area contributed by atoms with Crippen LogP contribution in [-0.4, -0.2) is 41.6 Å². The highest BCUT2D eigenvalue weighted by Crippen LogP contribution is 2.31. The highest BCUT2D eigenvalue weighted by Gasteiger charge is 2.24. The molecule has 1 unspecified atom stereocenters. The Morgan fingerprint density at radius 2 is 1.78 bits per heavy atom. The molecule has 1 saturated heterocycles. The number of fused-ring (bicyclic) bond motifs is 1. The lowest BCUT2D eigenvalue weighted by Crippen LogP contribution is -2.29. The molecule has 1 atom stereocenters. The van der Waals surface area contributed by atoms with Crippen molar-refractivity contribution in [3.63, 3.8) is 0 Å². The zero-order chi connectivity index (χ0) is 21.9. The third-order valence-electron chi connectivity index (χ3n) is 6.18. The standard InChI is InChI=1S/C25H30N4O3/c1-16(24-30-12-13-31-24)32-20-9-5-6-17(14-20)18-10-11-22-21(15-18)23(29-25(26)28-22)27-19-7-3-2-4-8-19/h5-6,9-11,14-16,19,24H,2-4,7-8,12-13H2,1H3,(H3,26,27,28,29). The van der Waals surface area contributed by atoms with Crippen LogP contribution in [0.1, 0.15) is 39.0 Å². The van der Waals surface area contributed by atoms with Crippen molar-refractivity contribution in [1.82, 2.24) is 9.97 Å². The van der Waals surface area contributed by atoms with E-state index in [-0.39, 0.29) is 12.4 Å². The molecule has 0 bridgehead atoms. The van der Waals surface area contributed by atoms with Gasteiger partial charge in [-0.3, -0.25) is 0 Å². The van der Waals surface area contributed by atoms with Crippen molar-refractivity contribution in [2.45, 2.75) is 57.5 Å². The molecule has 168 valence electrons. The molecule has 7 heteroatoms. The summed E-state index contributed by atoms with van der Waals surface area (Å²) >= 11 is 0. The molecular weight excluding hydrogens is 404 g/mol. The van der Waals surface area contributed by atoms with E-state index in [1.54, 1.807) is 0 Å². The molecule has 0 radical (unpaired) electrons. The first-order valence-corrected chi connectivity index (χ1v) is 11.5. The van der Waals surface area contributed by atoms with Gasteiger partial charge >= 0.3 is 0 Å². The van der Waals surface area contributed by atoms with Gasteiger partial charge in [-0.05, 0) is 55.2 Å². The molecule has 2 fully saturated rings. The highest BCUT2D eigenvalue weighted by atomic mass is 16.7. The van der Waals surface area contributed by atoms with Crippen LogP contribution in [0.25, 0.3) is 22.0 Å². The Morgan fingerprint density at radius 3 is 2.59 bits per heavy atom. The molecule has 3 N–H and O–H groups in total. The fraction of sp³-hybridized carbons (Fsp3) is 0.440. The Kier molecular flexibility index (Phi) is 6.10. The number of nitrogens with one attached hydrogen (secondary N) is 1. The normalized spacial score (nSPS) is 18.7.